The summed E-state index contributed by atoms with van der Waals surface area (Å²) in [6.07, 6.45) is 2.83. The van der Waals surface area contributed by atoms with Crippen molar-refractivity contribution in [3.05, 3.63) is 33.7 Å². The molecular weight excluding hydrogens is 164 g/mol. The van der Waals surface area contributed by atoms with Crippen LogP contribution < -0.4 is 11.3 Å². The lowest BCUT2D eigenvalue weighted by atomic mass is 9.92. The van der Waals surface area contributed by atoms with E-state index in [0.717, 1.165) is 25.0 Å². The van der Waals surface area contributed by atoms with Crippen LogP contribution in [0.3, 0.4) is 0 Å². The average Bonchev–Trinajstić information content (AvgIpc) is 2.12. The van der Waals surface area contributed by atoms with Crippen molar-refractivity contribution in [2.75, 3.05) is 0 Å². The molecule has 3 nitrogen and oxygen atoms in total. The van der Waals surface area contributed by atoms with Crippen LogP contribution in [0.25, 0.3) is 0 Å². The first-order valence-corrected chi connectivity index (χ1v) is 4.62. The number of aromatic nitrogens is 1. The molecule has 1 heterocycles. The zero-order chi connectivity index (χ0) is 9.42. The molecule has 0 aromatic carbocycles. The highest BCUT2D eigenvalue weighted by Gasteiger charge is 2.17. The molecule has 0 amide bonds. The van der Waals surface area contributed by atoms with Crippen molar-refractivity contribution in [2.45, 2.75) is 25.3 Å². The van der Waals surface area contributed by atoms with Gasteiger partial charge in [0.1, 0.15) is 0 Å². The molecule has 1 aromatic heterocycles. The Bertz CT molecular complexity index is 381. The zero-order valence-corrected chi connectivity index (χ0v) is 7.79. The second-order valence-electron chi connectivity index (χ2n) is 3.71. The maximum atomic E-state index is 11.3. The van der Waals surface area contributed by atoms with Gasteiger partial charge in [0.25, 0.3) is 0 Å². The van der Waals surface area contributed by atoms with E-state index in [9.17, 15) is 4.79 Å². The molecule has 1 atom stereocenters. The third kappa shape index (κ3) is 1.40. The number of pyridine rings is 1. The summed E-state index contributed by atoms with van der Waals surface area (Å²) in [6, 6.07) is 3.80. The fourth-order valence-corrected chi connectivity index (χ4v) is 1.95. The van der Waals surface area contributed by atoms with Gasteiger partial charge in [-0.05, 0) is 24.8 Å². The SMILES string of the molecule is Cn1c2c(ccc1=O)C[C@H](N)CC2. The van der Waals surface area contributed by atoms with Gasteiger partial charge in [0.05, 0.1) is 0 Å². The van der Waals surface area contributed by atoms with Gasteiger partial charge in [-0.15, -0.1) is 0 Å². The summed E-state index contributed by atoms with van der Waals surface area (Å²) in [5.74, 6) is 0. The van der Waals surface area contributed by atoms with Gasteiger partial charge >= 0.3 is 0 Å². The van der Waals surface area contributed by atoms with Crippen LogP contribution in [0.15, 0.2) is 16.9 Å². The molecule has 0 bridgehead atoms. The molecule has 70 valence electrons. The van der Waals surface area contributed by atoms with Crippen molar-refractivity contribution in [2.24, 2.45) is 12.8 Å². The normalized spacial score (nSPS) is 21.2. The van der Waals surface area contributed by atoms with Crippen LogP contribution in [-0.2, 0) is 19.9 Å². The van der Waals surface area contributed by atoms with E-state index in [0.29, 0.717) is 0 Å². The lowest BCUT2D eigenvalue weighted by Crippen LogP contribution is -2.32. The van der Waals surface area contributed by atoms with Crippen LogP contribution in [0.1, 0.15) is 17.7 Å². The Labute approximate surface area is 77.2 Å². The second kappa shape index (κ2) is 3.00. The smallest absolute Gasteiger partial charge is 0.250 e. The second-order valence-corrected chi connectivity index (χ2v) is 3.71. The number of hydrogen-bond donors (Lipinski definition) is 1. The lowest BCUT2D eigenvalue weighted by Gasteiger charge is -2.22. The molecule has 13 heavy (non-hydrogen) atoms. The Kier molecular flexibility index (Phi) is 1.96. The fourth-order valence-electron chi connectivity index (χ4n) is 1.95. The molecule has 1 aliphatic rings. The molecule has 0 aliphatic heterocycles. The van der Waals surface area contributed by atoms with E-state index < -0.39 is 0 Å². The summed E-state index contributed by atoms with van der Waals surface area (Å²) < 4.78 is 1.74. The van der Waals surface area contributed by atoms with Gasteiger partial charge in [-0.3, -0.25) is 4.79 Å². The van der Waals surface area contributed by atoms with Crippen LogP contribution in [0.5, 0.6) is 0 Å². The Morgan fingerprint density at radius 3 is 3.08 bits per heavy atom. The fraction of sp³-hybridized carbons (Fsp3) is 0.500. The van der Waals surface area contributed by atoms with Crippen molar-refractivity contribution in [3.8, 4) is 0 Å². The van der Waals surface area contributed by atoms with Crippen molar-refractivity contribution < 1.29 is 0 Å². The predicted octanol–water partition coefficient (Wildman–Crippen LogP) is 0.201. The topological polar surface area (TPSA) is 48.0 Å². The Morgan fingerprint density at radius 2 is 2.31 bits per heavy atom. The van der Waals surface area contributed by atoms with Gasteiger partial charge in [0.2, 0.25) is 5.56 Å². The third-order valence-corrected chi connectivity index (χ3v) is 2.77. The molecule has 2 rings (SSSR count). The van der Waals surface area contributed by atoms with Crippen molar-refractivity contribution in [1.29, 1.82) is 0 Å². The first kappa shape index (κ1) is 8.51. The van der Waals surface area contributed by atoms with Crippen molar-refractivity contribution in [1.82, 2.24) is 4.57 Å². The van der Waals surface area contributed by atoms with Crippen LogP contribution in [0.4, 0.5) is 0 Å². The molecule has 0 radical (unpaired) electrons. The maximum Gasteiger partial charge on any atom is 0.250 e. The quantitative estimate of drug-likeness (QED) is 0.617. The van der Waals surface area contributed by atoms with Crippen molar-refractivity contribution >= 4 is 0 Å². The van der Waals surface area contributed by atoms with Crippen LogP contribution >= 0.6 is 0 Å². The molecule has 0 spiro atoms. The van der Waals surface area contributed by atoms with Gasteiger partial charge in [-0.2, -0.15) is 0 Å². The molecule has 0 fully saturated rings. The number of rotatable bonds is 0. The summed E-state index contributed by atoms with van der Waals surface area (Å²) in [5.41, 5.74) is 8.33. The van der Waals surface area contributed by atoms with E-state index in [1.165, 1.54) is 5.56 Å². The highest BCUT2D eigenvalue weighted by atomic mass is 16.1. The first-order chi connectivity index (χ1) is 6.18. The number of nitrogens with zero attached hydrogens (tertiary/aromatic N) is 1. The lowest BCUT2D eigenvalue weighted by molar-refractivity contribution is 0.546. The van der Waals surface area contributed by atoms with Crippen LogP contribution in [0, 0.1) is 0 Å². The summed E-state index contributed by atoms with van der Waals surface area (Å²) in [6.45, 7) is 0. The summed E-state index contributed by atoms with van der Waals surface area (Å²) in [4.78, 5) is 11.3. The van der Waals surface area contributed by atoms with Gasteiger partial charge in [0, 0.05) is 24.8 Å². The van der Waals surface area contributed by atoms with Crippen LogP contribution in [-0.4, -0.2) is 10.6 Å². The van der Waals surface area contributed by atoms with Crippen molar-refractivity contribution in [3.63, 3.8) is 0 Å². The van der Waals surface area contributed by atoms with Gasteiger partial charge in [-0.25, -0.2) is 0 Å². The average molecular weight is 178 g/mol. The maximum absolute atomic E-state index is 11.3. The molecule has 1 aliphatic carbocycles. The minimum Gasteiger partial charge on any atom is -0.327 e. The van der Waals surface area contributed by atoms with Crippen LogP contribution in [0.2, 0.25) is 0 Å². The molecule has 0 unspecified atom stereocenters. The number of fused-ring (bicyclic) bond motifs is 1. The highest BCUT2D eigenvalue weighted by molar-refractivity contribution is 5.25. The number of nitrogens with two attached hydrogens (primary N) is 1. The Balaban J connectivity index is 2.53. The molecule has 0 saturated carbocycles. The summed E-state index contributed by atoms with van der Waals surface area (Å²) in [7, 11) is 1.83. The van der Waals surface area contributed by atoms with E-state index >= 15 is 0 Å². The largest absolute Gasteiger partial charge is 0.327 e. The monoisotopic (exact) mass is 178 g/mol. The number of hydrogen-bond acceptors (Lipinski definition) is 2. The van der Waals surface area contributed by atoms with E-state index in [4.69, 9.17) is 5.73 Å². The molecular formula is C10H14N2O. The molecule has 3 heteroatoms. The minimum atomic E-state index is 0.0780. The van der Waals surface area contributed by atoms with E-state index in [-0.39, 0.29) is 11.6 Å². The third-order valence-electron chi connectivity index (χ3n) is 2.77. The van der Waals surface area contributed by atoms with E-state index in [2.05, 4.69) is 0 Å². The van der Waals surface area contributed by atoms with Gasteiger partial charge in [-0.1, -0.05) is 6.07 Å². The summed E-state index contributed by atoms with van der Waals surface area (Å²) >= 11 is 0. The van der Waals surface area contributed by atoms with Gasteiger partial charge < -0.3 is 10.3 Å². The molecule has 1 aromatic rings. The Hall–Kier alpha value is -1.09. The molecule has 0 saturated heterocycles. The predicted molar refractivity (Wildman–Crippen MR) is 51.7 cm³/mol. The molecule has 2 N–H and O–H groups in total. The standard InChI is InChI=1S/C10H14N2O/c1-12-9-4-3-8(11)6-7(9)2-5-10(12)13/h2,5,8H,3-4,6,11H2,1H3/t8-/m1/s1. The van der Waals surface area contributed by atoms with Gasteiger partial charge in [0.15, 0.2) is 0 Å². The van der Waals surface area contributed by atoms with E-state index in [1.807, 2.05) is 13.1 Å². The van der Waals surface area contributed by atoms with E-state index in [1.54, 1.807) is 10.6 Å². The zero-order valence-electron chi connectivity index (χ0n) is 7.79. The minimum absolute atomic E-state index is 0.0780. The summed E-state index contributed by atoms with van der Waals surface area (Å²) in [5, 5.41) is 0. The first-order valence-electron chi connectivity index (χ1n) is 4.62. The Morgan fingerprint density at radius 1 is 1.54 bits per heavy atom. The highest BCUT2D eigenvalue weighted by Crippen LogP contribution is 2.17.